The second kappa shape index (κ2) is 8.51. The number of carbonyl (C=O) groups excluding carboxylic acids is 1. The van der Waals surface area contributed by atoms with Crippen molar-refractivity contribution in [1.82, 2.24) is 0 Å². The highest BCUT2D eigenvalue weighted by molar-refractivity contribution is 5.72. The molecule has 0 aromatic carbocycles. The van der Waals surface area contributed by atoms with Crippen molar-refractivity contribution in [3.05, 3.63) is 11.6 Å². The number of carbonyl (C=O) groups is 1. The number of aldehydes is 1. The summed E-state index contributed by atoms with van der Waals surface area (Å²) in [5.41, 5.74) is 0.950. The molecule has 0 aromatic rings. The predicted molar refractivity (Wildman–Crippen MR) is 53.2 cm³/mol. The molecule has 1 nitrogen and oxygen atoms in total. The Labute approximate surface area is 75.9 Å². The highest BCUT2D eigenvalue weighted by atomic mass is 16.1. The van der Waals surface area contributed by atoms with Gasteiger partial charge in [-0.1, -0.05) is 38.7 Å². The van der Waals surface area contributed by atoms with E-state index in [1.54, 1.807) is 0 Å². The molecule has 0 aliphatic heterocycles. The summed E-state index contributed by atoms with van der Waals surface area (Å²) >= 11 is 0. The van der Waals surface area contributed by atoms with Gasteiger partial charge in [-0.3, -0.25) is 4.79 Å². The Morgan fingerprint density at radius 1 is 1.17 bits per heavy atom. The first kappa shape index (κ1) is 11.4. The topological polar surface area (TPSA) is 17.1 Å². The fourth-order valence-electron chi connectivity index (χ4n) is 1.20. The molecule has 70 valence electrons. The van der Waals surface area contributed by atoms with Crippen molar-refractivity contribution in [2.45, 2.75) is 52.4 Å². The number of hydrogen-bond acceptors (Lipinski definition) is 1. The molecule has 0 heterocycles. The molecule has 0 aliphatic carbocycles. The maximum atomic E-state index is 10.4. The van der Waals surface area contributed by atoms with Crippen molar-refractivity contribution in [2.24, 2.45) is 0 Å². The summed E-state index contributed by atoms with van der Waals surface area (Å²) in [6.07, 6.45) is 10.2. The van der Waals surface area contributed by atoms with Crippen molar-refractivity contribution in [1.29, 1.82) is 0 Å². The maximum absolute atomic E-state index is 10.4. The van der Waals surface area contributed by atoms with Crippen LogP contribution in [-0.2, 0) is 4.79 Å². The fraction of sp³-hybridized carbons (Fsp3) is 0.727. The fourth-order valence-corrected chi connectivity index (χ4v) is 1.20. The van der Waals surface area contributed by atoms with E-state index >= 15 is 0 Å². The highest BCUT2D eigenvalue weighted by Gasteiger charge is 1.93. The van der Waals surface area contributed by atoms with Gasteiger partial charge in [0.05, 0.1) is 0 Å². The minimum atomic E-state index is 0.950. The average molecular weight is 168 g/mol. The molecule has 0 amide bonds. The molecule has 0 aromatic heterocycles. The van der Waals surface area contributed by atoms with E-state index in [0.29, 0.717) is 0 Å². The molecular weight excluding hydrogens is 148 g/mol. The average Bonchev–Trinajstić information content (AvgIpc) is 2.11. The predicted octanol–water partition coefficient (Wildman–Crippen LogP) is 3.49. The molecule has 0 radical (unpaired) electrons. The summed E-state index contributed by atoms with van der Waals surface area (Å²) in [5, 5.41) is 0. The monoisotopic (exact) mass is 168 g/mol. The summed E-state index contributed by atoms with van der Waals surface area (Å²) in [5.74, 6) is 0. The molecule has 0 unspecified atom stereocenters. The van der Waals surface area contributed by atoms with Crippen LogP contribution < -0.4 is 0 Å². The van der Waals surface area contributed by atoms with Gasteiger partial charge in [-0.15, -0.1) is 0 Å². The van der Waals surface area contributed by atoms with E-state index in [9.17, 15) is 4.79 Å². The van der Waals surface area contributed by atoms with Gasteiger partial charge in [0.25, 0.3) is 0 Å². The largest absolute Gasteiger partial charge is 0.298 e. The summed E-state index contributed by atoms with van der Waals surface area (Å²) in [4.78, 5) is 10.4. The summed E-state index contributed by atoms with van der Waals surface area (Å²) in [7, 11) is 0. The molecule has 12 heavy (non-hydrogen) atoms. The van der Waals surface area contributed by atoms with Crippen LogP contribution in [0.2, 0.25) is 0 Å². The second-order valence-electron chi connectivity index (χ2n) is 3.15. The normalized spacial score (nSPS) is 11.7. The molecule has 0 spiro atoms. The summed E-state index contributed by atoms with van der Waals surface area (Å²) < 4.78 is 0. The van der Waals surface area contributed by atoms with Crippen LogP contribution in [0, 0.1) is 0 Å². The maximum Gasteiger partial charge on any atom is 0.145 e. The third kappa shape index (κ3) is 6.14. The van der Waals surface area contributed by atoms with Crippen molar-refractivity contribution in [3.63, 3.8) is 0 Å². The summed E-state index contributed by atoms with van der Waals surface area (Å²) in [6, 6.07) is 0. The zero-order valence-corrected chi connectivity index (χ0v) is 8.31. The molecule has 0 saturated heterocycles. The van der Waals surface area contributed by atoms with E-state index in [2.05, 4.69) is 6.92 Å². The van der Waals surface area contributed by atoms with Crippen LogP contribution in [0.5, 0.6) is 0 Å². The van der Waals surface area contributed by atoms with Gasteiger partial charge >= 0.3 is 0 Å². The zero-order valence-electron chi connectivity index (χ0n) is 8.31. The van der Waals surface area contributed by atoms with Gasteiger partial charge in [0, 0.05) is 0 Å². The quantitative estimate of drug-likeness (QED) is 0.323. The van der Waals surface area contributed by atoms with E-state index < -0.39 is 0 Å². The van der Waals surface area contributed by atoms with Gasteiger partial charge in [-0.2, -0.15) is 0 Å². The van der Waals surface area contributed by atoms with Gasteiger partial charge in [-0.25, -0.2) is 0 Å². The number of hydrogen-bond donors (Lipinski definition) is 0. The molecule has 0 atom stereocenters. The van der Waals surface area contributed by atoms with Gasteiger partial charge in [0.1, 0.15) is 6.29 Å². The van der Waals surface area contributed by atoms with Crippen LogP contribution in [0.4, 0.5) is 0 Å². The molecule has 0 bridgehead atoms. The molecule has 0 rings (SSSR count). The lowest BCUT2D eigenvalue weighted by Gasteiger charge is -1.99. The second-order valence-corrected chi connectivity index (χ2v) is 3.15. The van der Waals surface area contributed by atoms with Crippen LogP contribution in [0.25, 0.3) is 0 Å². The van der Waals surface area contributed by atoms with Crippen LogP contribution >= 0.6 is 0 Å². The first-order valence-electron chi connectivity index (χ1n) is 4.95. The highest BCUT2D eigenvalue weighted by Crippen LogP contribution is 2.09. The summed E-state index contributed by atoms with van der Waals surface area (Å²) in [6.45, 7) is 4.14. The Morgan fingerprint density at radius 3 is 2.33 bits per heavy atom. The van der Waals surface area contributed by atoms with Crippen LogP contribution in [-0.4, -0.2) is 6.29 Å². The molecule has 0 saturated carbocycles. The van der Waals surface area contributed by atoms with Gasteiger partial charge in [0.15, 0.2) is 0 Å². The zero-order chi connectivity index (χ0) is 9.23. The van der Waals surface area contributed by atoms with Gasteiger partial charge in [-0.05, 0) is 25.3 Å². The van der Waals surface area contributed by atoms with Gasteiger partial charge < -0.3 is 0 Å². The molecular formula is C11H20O. The Bertz CT molecular complexity index is 136. The smallest absolute Gasteiger partial charge is 0.145 e. The number of rotatable bonds is 7. The lowest BCUT2D eigenvalue weighted by atomic mass is 10.1. The standard InChI is InChI=1S/C11H20O/c1-3-5-6-7-8-9-11(4-2)10-12/h4,10H,3,5-9H2,1-2H3. The Morgan fingerprint density at radius 2 is 1.83 bits per heavy atom. The Balaban J connectivity index is 3.24. The minimum absolute atomic E-state index is 0.950. The van der Waals surface area contributed by atoms with E-state index in [4.69, 9.17) is 0 Å². The molecule has 0 N–H and O–H groups in total. The first-order chi connectivity index (χ1) is 5.85. The van der Waals surface area contributed by atoms with Crippen molar-refractivity contribution >= 4 is 6.29 Å². The lowest BCUT2D eigenvalue weighted by molar-refractivity contribution is -0.105. The molecule has 0 aliphatic rings. The van der Waals surface area contributed by atoms with E-state index in [1.807, 2.05) is 13.0 Å². The third-order valence-corrected chi connectivity index (χ3v) is 2.09. The number of allylic oxidation sites excluding steroid dienone is 2. The van der Waals surface area contributed by atoms with Crippen molar-refractivity contribution < 1.29 is 4.79 Å². The molecule has 0 fully saturated rings. The van der Waals surface area contributed by atoms with E-state index in [-0.39, 0.29) is 0 Å². The lowest BCUT2D eigenvalue weighted by Crippen LogP contribution is -1.85. The van der Waals surface area contributed by atoms with Crippen LogP contribution in [0.15, 0.2) is 11.6 Å². The molecule has 1 heteroatoms. The third-order valence-electron chi connectivity index (χ3n) is 2.09. The van der Waals surface area contributed by atoms with E-state index in [1.165, 1.54) is 32.1 Å². The van der Waals surface area contributed by atoms with Gasteiger partial charge in [0.2, 0.25) is 0 Å². The Kier molecular flexibility index (Phi) is 8.09. The minimum Gasteiger partial charge on any atom is -0.298 e. The Hall–Kier alpha value is -0.590. The SMILES string of the molecule is CC=C(C=O)CCCCCCC. The van der Waals surface area contributed by atoms with Crippen LogP contribution in [0.3, 0.4) is 0 Å². The van der Waals surface area contributed by atoms with E-state index in [0.717, 1.165) is 18.3 Å². The first-order valence-corrected chi connectivity index (χ1v) is 4.95. The van der Waals surface area contributed by atoms with Crippen LogP contribution in [0.1, 0.15) is 52.4 Å². The van der Waals surface area contributed by atoms with Crippen molar-refractivity contribution in [3.8, 4) is 0 Å². The number of unbranched alkanes of at least 4 members (excludes halogenated alkanes) is 4. The van der Waals surface area contributed by atoms with Crippen molar-refractivity contribution in [2.75, 3.05) is 0 Å².